The van der Waals surface area contributed by atoms with Crippen molar-refractivity contribution >= 4 is 27.3 Å². The maximum Gasteiger partial charge on any atom is 0.270 e. The van der Waals surface area contributed by atoms with E-state index in [1.165, 1.54) is 33.8 Å². The van der Waals surface area contributed by atoms with Crippen molar-refractivity contribution in [3.63, 3.8) is 0 Å². The molecule has 1 aliphatic carbocycles. The highest BCUT2D eigenvalue weighted by molar-refractivity contribution is 7.89. The first kappa shape index (κ1) is 19.9. The molecular weight excluding hydrogens is 429 g/mol. The first-order chi connectivity index (χ1) is 14.2. The van der Waals surface area contributed by atoms with E-state index in [-0.39, 0.29) is 28.3 Å². The lowest BCUT2D eigenvalue weighted by Gasteiger charge is -2.60. The minimum absolute atomic E-state index is 0.0442. The predicted octanol–water partition coefficient (Wildman–Crippen LogP) is 2.67. The quantitative estimate of drug-likeness (QED) is 0.717. The fraction of sp³-hybridized carbons (Fsp3) is 0.500. The molecule has 2 aliphatic heterocycles. The summed E-state index contributed by atoms with van der Waals surface area (Å²) in [5, 5.41) is 0.793. The zero-order valence-corrected chi connectivity index (χ0v) is 18.3. The van der Waals surface area contributed by atoms with Crippen molar-refractivity contribution in [1.29, 1.82) is 0 Å². The SMILES string of the molecule is Cc1nc2c(s1)C(=O)N(C1CC3(C1)CN(S(=O)(=O)c1ccccc1F)C3)[C@H](C)CO2. The summed E-state index contributed by atoms with van der Waals surface area (Å²) in [4.78, 5) is 19.6. The number of rotatable bonds is 3. The van der Waals surface area contributed by atoms with Crippen LogP contribution in [0.5, 0.6) is 5.88 Å². The van der Waals surface area contributed by atoms with E-state index >= 15 is 0 Å². The standard InChI is InChI=1S/C20H22FN3O4S2/c1-12-9-28-18-17(29-13(2)22-18)19(25)24(12)14-7-20(8-14)10-23(11-20)30(26,27)16-6-4-3-5-15(16)21/h3-6,12,14H,7-11H2,1-2H3/t12-/m1/s1. The molecule has 0 N–H and O–H groups in total. The Morgan fingerprint density at radius 1 is 1.27 bits per heavy atom. The third-order valence-corrected chi connectivity index (χ3v) is 9.04. The second-order valence-electron chi connectivity index (χ2n) is 8.51. The summed E-state index contributed by atoms with van der Waals surface area (Å²) in [5.74, 6) is -0.378. The van der Waals surface area contributed by atoms with Crippen LogP contribution in [0.2, 0.25) is 0 Å². The number of hydrogen-bond donors (Lipinski definition) is 0. The molecule has 10 heteroatoms. The van der Waals surface area contributed by atoms with E-state index in [1.54, 1.807) is 0 Å². The van der Waals surface area contributed by atoms with Crippen molar-refractivity contribution < 1.29 is 22.3 Å². The van der Waals surface area contributed by atoms with Gasteiger partial charge in [-0.25, -0.2) is 17.8 Å². The lowest BCUT2D eigenvalue weighted by atomic mass is 9.61. The summed E-state index contributed by atoms with van der Waals surface area (Å²) in [6.45, 7) is 4.91. The smallest absolute Gasteiger partial charge is 0.270 e. The number of nitrogens with zero attached hydrogens (tertiary/aromatic N) is 3. The zero-order valence-electron chi connectivity index (χ0n) is 16.7. The van der Waals surface area contributed by atoms with Gasteiger partial charge in [-0.05, 0) is 38.8 Å². The molecule has 5 rings (SSSR count). The lowest BCUT2D eigenvalue weighted by molar-refractivity contribution is -0.0755. The molecule has 2 aromatic rings. The van der Waals surface area contributed by atoms with Crippen LogP contribution in [0.3, 0.4) is 0 Å². The average Bonchev–Trinajstić information content (AvgIpc) is 2.96. The summed E-state index contributed by atoms with van der Waals surface area (Å²) < 4.78 is 46.5. The first-order valence-electron chi connectivity index (χ1n) is 9.88. The van der Waals surface area contributed by atoms with Gasteiger partial charge in [0, 0.05) is 24.5 Å². The molecule has 0 radical (unpaired) electrons. The minimum atomic E-state index is -3.84. The zero-order chi connectivity index (χ0) is 21.3. The molecule has 1 saturated carbocycles. The number of ether oxygens (including phenoxy) is 1. The van der Waals surface area contributed by atoms with E-state index in [0.717, 1.165) is 23.9 Å². The van der Waals surface area contributed by atoms with Crippen molar-refractivity contribution in [2.45, 2.75) is 43.7 Å². The number of amides is 1. The Morgan fingerprint density at radius 3 is 2.67 bits per heavy atom. The molecular formula is C20H22FN3O4S2. The Hall–Kier alpha value is -2.04. The van der Waals surface area contributed by atoms with Crippen LogP contribution in [0.4, 0.5) is 4.39 Å². The number of halogens is 1. The number of fused-ring (bicyclic) bond motifs is 1. The van der Waals surface area contributed by atoms with Crippen molar-refractivity contribution in [3.8, 4) is 5.88 Å². The van der Waals surface area contributed by atoms with E-state index < -0.39 is 15.8 Å². The number of carbonyl (C=O) groups is 1. The highest BCUT2D eigenvalue weighted by Gasteiger charge is 2.58. The highest BCUT2D eigenvalue weighted by atomic mass is 32.2. The van der Waals surface area contributed by atoms with Gasteiger partial charge in [-0.2, -0.15) is 4.31 Å². The maximum atomic E-state index is 14.0. The molecule has 1 aromatic carbocycles. The number of hydrogen-bond acceptors (Lipinski definition) is 6. The monoisotopic (exact) mass is 451 g/mol. The van der Waals surface area contributed by atoms with Gasteiger partial charge < -0.3 is 9.64 Å². The summed E-state index contributed by atoms with van der Waals surface area (Å²) in [6, 6.07) is 5.41. The van der Waals surface area contributed by atoms with E-state index in [9.17, 15) is 17.6 Å². The van der Waals surface area contributed by atoms with E-state index in [2.05, 4.69) is 4.98 Å². The van der Waals surface area contributed by atoms with Gasteiger partial charge in [-0.15, -0.1) is 11.3 Å². The number of carbonyl (C=O) groups excluding carboxylic acids is 1. The van der Waals surface area contributed by atoms with Gasteiger partial charge in [0.05, 0.1) is 11.0 Å². The molecule has 3 heterocycles. The average molecular weight is 452 g/mol. The number of sulfonamides is 1. The normalized spacial score (nSPS) is 24.0. The Labute approximate surface area is 178 Å². The Kier molecular flexibility index (Phi) is 4.46. The molecule has 3 aliphatic rings. The van der Waals surface area contributed by atoms with Gasteiger partial charge in [0.15, 0.2) is 4.88 Å². The van der Waals surface area contributed by atoms with Crippen LogP contribution in [0.1, 0.15) is 34.4 Å². The highest BCUT2D eigenvalue weighted by Crippen LogP contribution is 2.52. The largest absolute Gasteiger partial charge is 0.474 e. The summed E-state index contributed by atoms with van der Waals surface area (Å²) in [6.07, 6.45) is 1.47. The Morgan fingerprint density at radius 2 is 1.97 bits per heavy atom. The van der Waals surface area contributed by atoms with Gasteiger partial charge in [-0.1, -0.05) is 12.1 Å². The lowest BCUT2D eigenvalue weighted by Crippen LogP contribution is -2.68. The van der Waals surface area contributed by atoms with Crippen LogP contribution in [0.25, 0.3) is 0 Å². The molecule has 0 bridgehead atoms. The second kappa shape index (κ2) is 6.73. The number of aryl methyl sites for hydroxylation is 1. The maximum absolute atomic E-state index is 14.0. The van der Waals surface area contributed by atoms with Gasteiger partial charge in [0.25, 0.3) is 5.91 Å². The number of thiazole rings is 1. The fourth-order valence-electron chi connectivity index (χ4n) is 4.82. The van der Waals surface area contributed by atoms with Crippen LogP contribution >= 0.6 is 11.3 Å². The molecule has 160 valence electrons. The van der Waals surface area contributed by atoms with Crippen molar-refractivity contribution in [3.05, 3.63) is 40.0 Å². The number of benzene rings is 1. The molecule has 0 unspecified atom stereocenters. The predicted molar refractivity (Wildman–Crippen MR) is 109 cm³/mol. The first-order valence-corrected chi connectivity index (χ1v) is 12.1. The number of aromatic nitrogens is 1. The molecule has 1 atom stereocenters. The topological polar surface area (TPSA) is 79.8 Å². The van der Waals surface area contributed by atoms with Crippen molar-refractivity contribution in [2.75, 3.05) is 19.7 Å². The van der Waals surface area contributed by atoms with Crippen LogP contribution in [-0.2, 0) is 10.0 Å². The van der Waals surface area contributed by atoms with Crippen molar-refractivity contribution in [1.82, 2.24) is 14.2 Å². The molecule has 1 amide bonds. The molecule has 7 nitrogen and oxygen atoms in total. The van der Waals surface area contributed by atoms with E-state index in [4.69, 9.17) is 4.74 Å². The third kappa shape index (κ3) is 2.96. The van der Waals surface area contributed by atoms with E-state index in [0.29, 0.717) is 30.5 Å². The van der Waals surface area contributed by atoms with Crippen molar-refractivity contribution in [2.24, 2.45) is 5.41 Å². The Bertz CT molecular complexity index is 1120. The summed E-state index contributed by atoms with van der Waals surface area (Å²) in [7, 11) is -3.84. The van der Waals surface area contributed by atoms with Crippen LogP contribution in [0, 0.1) is 18.2 Å². The third-order valence-electron chi connectivity index (χ3n) is 6.28. The minimum Gasteiger partial charge on any atom is -0.474 e. The van der Waals surface area contributed by atoms with Crippen LogP contribution in [-0.4, -0.2) is 60.3 Å². The molecule has 1 spiro atoms. The molecule has 30 heavy (non-hydrogen) atoms. The van der Waals surface area contributed by atoms with Gasteiger partial charge in [-0.3, -0.25) is 4.79 Å². The Balaban J connectivity index is 1.28. The van der Waals surface area contributed by atoms with E-state index in [1.807, 2.05) is 18.7 Å². The fourth-order valence-corrected chi connectivity index (χ4v) is 7.36. The van der Waals surface area contributed by atoms with Gasteiger partial charge in [0.1, 0.15) is 17.3 Å². The second-order valence-corrected chi connectivity index (χ2v) is 11.6. The molecule has 1 saturated heterocycles. The van der Waals surface area contributed by atoms with Crippen LogP contribution in [0.15, 0.2) is 29.2 Å². The van der Waals surface area contributed by atoms with Crippen LogP contribution < -0.4 is 4.74 Å². The van der Waals surface area contributed by atoms with Gasteiger partial charge >= 0.3 is 0 Å². The molecule has 2 fully saturated rings. The molecule has 1 aromatic heterocycles. The van der Waals surface area contributed by atoms with Gasteiger partial charge in [0.2, 0.25) is 15.9 Å². The summed E-state index contributed by atoms with van der Waals surface area (Å²) >= 11 is 1.34. The summed E-state index contributed by atoms with van der Waals surface area (Å²) in [5.41, 5.74) is -0.136.